The van der Waals surface area contributed by atoms with E-state index < -0.39 is 19.9 Å². The zero-order valence-corrected chi connectivity index (χ0v) is 17.4. The number of hydrogen-bond donors (Lipinski definition) is 1. The van der Waals surface area contributed by atoms with Gasteiger partial charge in [-0.2, -0.15) is 0 Å². The number of sulfone groups is 1. The Morgan fingerprint density at radius 3 is 2.21 bits per heavy atom. The first-order chi connectivity index (χ1) is 13.1. The summed E-state index contributed by atoms with van der Waals surface area (Å²) in [6.07, 6.45) is 1.04. The first-order valence-corrected chi connectivity index (χ1v) is 11.8. The maximum absolute atomic E-state index is 12.6. The van der Waals surface area contributed by atoms with Gasteiger partial charge in [0, 0.05) is 17.5 Å². The second-order valence-corrected chi connectivity index (χ2v) is 10.3. The van der Waals surface area contributed by atoms with E-state index in [4.69, 9.17) is 23.2 Å². The minimum atomic E-state index is -3.89. The van der Waals surface area contributed by atoms with E-state index in [9.17, 15) is 16.8 Å². The van der Waals surface area contributed by atoms with E-state index in [1.807, 2.05) is 0 Å². The number of anilines is 1. The highest BCUT2D eigenvalue weighted by Gasteiger charge is 2.16. The molecule has 0 fully saturated rings. The molecule has 7 nitrogen and oxygen atoms in total. The summed E-state index contributed by atoms with van der Waals surface area (Å²) in [6, 6.07) is 13.3. The highest BCUT2D eigenvalue weighted by molar-refractivity contribution is 7.92. The van der Waals surface area contributed by atoms with Crippen LogP contribution in [0.15, 0.2) is 64.5 Å². The van der Waals surface area contributed by atoms with Crippen molar-refractivity contribution in [3.63, 3.8) is 0 Å². The Hall–Kier alpha value is -2.20. The molecule has 3 aromatic rings. The fourth-order valence-electron chi connectivity index (χ4n) is 2.27. The van der Waals surface area contributed by atoms with Gasteiger partial charge in [-0.25, -0.2) is 16.8 Å². The summed E-state index contributed by atoms with van der Waals surface area (Å²) in [5.74, 6) is 0. The van der Waals surface area contributed by atoms with E-state index in [-0.39, 0.29) is 25.7 Å². The Bertz CT molecular complexity index is 1250. The molecule has 0 aliphatic heterocycles. The maximum atomic E-state index is 12.6. The van der Waals surface area contributed by atoms with Crippen LogP contribution in [-0.4, -0.2) is 33.3 Å². The SMILES string of the molecule is CS(=O)(=O)c1ccc(-c2cccc(NS(=O)(=O)c3ccc(Cl)c(Cl)c3)c2)nn1. The Morgan fingerprint density at radius 2 is 1.61 bits per heavy atom. The van der Waals surface area contributed by atoms with Crippen molar-refractivity contribution in [3.05, 3.63) is 64.6 Å². The Balaban J connectivity index is 1.90. The Kier molecular flexibility index (Phi) is 5.62. The third-order valence-electron chi connectivity index (χ3n) is 3.63. The lowest BCUT2D eigenvalue weighted by atomic mass is 10.1. The van der Waals surface area contributed by atoms with Crippen molar-refractivity contribution >= 4 is 48.7 Å². The van der Waals surface area contributed by atoms with Crippen LogP contribution in [0, 0.1) is 0 Å². The average Bonchev–Trinajstić information content (AvgIpc) is 2.63. The van der Waals surface area contributed by atoms with Gasteiger partial charge in [0.2, 0.25) is 0 Å². The van der Waals surface area contributed by atoms with Gasteiger partial charge >= 0.3 is 0 Å². The molecule has 0 aliphatic rings. The van der Waals surface area contributed by atoms with Gasteiger partial charge in [0.25, 0.3) is 10.0 Å². The molecule has 1 heterocycles. The van der Waals surface area contributed by atoms with E-state index in [0.29, 0.717) is 11.3 Å². The van der Waals surface area contributed by atoms with Crippen LogP contribution < -0.4 is 4.72 Å². The van der Waals surface area contributed by atoms with Gasteiger partial charge in [-0.3, -0.25) is 4.72 Å². The molecule has 0 spiro atoms. The van der Waals surface area contributed by atoms with Crippen molar-refractivity contribution in [2.75, 3.05) is 11.0 Å². The first kappa shape index (κ1) is 20.5. The van der Waals surface area contributed by atoms with Crippen molar-refractivity contribution in [1.82, 2.24) is 10.2 Å². The molecule has 0 saturated carbocycles. The van der Waals surface area contributed by atoms with E-state index in [0.717, 1.165) is 6.26 Å². The summed E-state index contributed by atoms with van der Waals surface area (Å²) in [5.41, 5.74) is 1.24. The smallest absolute Gasteiger partial charge is 0.261 e. The summed E-state index contributed by atoms with van der Waals surface area (Å²) < 4.78 is 50.5. The molecule has 0 atom stereocenters. The molecule has 0 unspecified atom stereocenters. The van der Waals surface area contributed by atoms with Gasteiger partial charge in [-0.1, -0.05) is 35.3 Å². The van der Waals surface area contributed by atoms with Gasteiger partial charge in [0.15, 0.2) is 14.9 Å². The second kappa shape index (κ2) is 7.67. The monoisotopic (exact) mass is 457 g/mol. The molecule has 28 heavy (non-hydrogen) atoms. The highest BCUT2D eigenvalue weighted by atomic mass is 35.5. The van der Waals surface area contributed by atoms with E-state index in [1.54, 1.807) is 24.3 Å². The molecule has 0 aliphatic carbocycles. The van der Waals surface area contributed by atoms with Gasteiger partial charge in [-0.15, -0.1) is 10.2 Å². The highest BCUT2D eigenvalue weighted by Crippen LogP contribution is 2.27. The van der Waals surface area contributed by atoms with Crippen LogP contribution in [-0.2, 0) is 19.9 Å². The molecule has 3 rings (SSSR count). The summed E-state index contributed by atoms with van der Waals surface area (Å²) in [7, 11) is -7.34. The van der Waals surface area contributed by atoms with Crippen LogP contribution in [0.1, 0.15) is 0 Å². The molecule has 1 aromatic heterocycles. The predicted octanol–water partition coefficient (Wildman–Crippen LogP) is 3.65. The lowest BCUT2D eigenvalue weighted by Gasteiger charge is -2.10. The molecule has 0 bridgehead atoms. The van der Waals surface area contributed by atoms with Gasteiger partial charge < -0.3 is 0 Å². The average molecular weight is 458 g/mol. The van der Waals surface area contributed by atoms with E-state index in [2.05, 4.69) is 14.9 Å². The number of nitrogens with one attached hydrogen (secondary N) is 1. The Labute approximate surface area is 172 Å². The van der Waals surface area contributed by atoms with Crippen LogP contribution in [0.3, 0.4) is 0 Å². The number of benzene rings is 2. The Morgan fingerprint density at radius 1 is 0.857 bits per heavy atom. The minimum Gasteiger partial charge on any atom is -0.280 e. The fourth-order valence-corrected chi connectivity index (χ4v) is 4.21. The molecular formula is C17H13Cl2N3O4S2. The van der Waals surface area contributed by atoms with Crippen molar-refractivity contribution in [2.24, 2.45) is 0 Å². The molecule has 2 aromatic carbocycles. The zero-order valence-electron chi connectivity index (χ0n) is 14.3. The normalized spacial score (nSPS) is 12.0. The number of hydrogen-bond acceptors (Lipinski definition) is 6. The van der Waals surface area contributed by atoms with Crippen LogP contribution in [0.2, 0.25) is 10.0 Å². The number of halogens is 2. The third kappa shape index (κ3) is 4.61. The van der Waals surface area contributed by atoms with Crippen molar-refractivity contribution < 1.29 is 16.8 Å². The molecule has 146 valence electrons. The molecular weight excluding hydrogens is 445 g/mol. The molecule has 1 N–H and O–H groups in total. The summed E-state index contributed by atoms with van der Waals surface area (Å²) in [4.78, 5) is -0.0374. The minimum absolute atomic E-state index is 0.0374. The van der Waals surface area contributed by atoms with Gasteiger partial charge in [-0.05, 0) is 42.5 Å². The van der Waals surface area contributed by atoms with E-state index in [1.165, 1.54) is 30.3 Å². The van der Waals surface area contributed by atoms with Crippen molar-refractivity contribution in [3.8, 4) is 11.3 Å². The number of aromatic nitrogens is 2. The van der Waals surface area contributed by atoms with Gasteiger partial charge in [0.1, 0.15) is 0 Å². The number of rotatable bonds is 5. The van der Waals surface area contributed by atoms with Crippen LogP contribution >= 0.6 is 23.2 Å². The summed E-state index contributed by atoms with van der Waals surface area (Å²) >= 11 is 11.7. The van der Waals surface area contributed by atoms with Crippen LogP contribution in [0.4, 0.5) is 5.69 Å². The largest absolute Gasteiger partial charge is 0.280 e. The topological polar surface area (TPSA) is 106 Å². The van der Waals surface area contributed by atoms with Gasteiger partial charge in [0.05, 0.1) is 20.6 Å². The van der Waals surface area contributed by atoms with Crippen molar-refractivity contribution in [2.45, 2.75) is 9.92 Å². The second-order valence-electron chi connectivity index (χ2n) is 5.79. The lowest BCUT2D eigenvalue weighted by molar-refractivity contribution is 0.595. The zero-order chi connectivity index (χ0) is 20.5. The standard InChI is InChI=1S/C17H13Cl2N3O4S2/c1-27(23,24)17-8-7-16(20-21-17)11-3-2-4-12(9-11)22-28(25,26)13-5-6-14(18)15(19)10-13/h2-10,22H,1H3. The van der Waals surface area contributed by atoms with Crippen LogP contribution in [0.25, 0.3) is 11.3 Å². The number of nitrogens with zero attached hydrogens (tertiary/aromatic N) is 2. The molecule has 0 saturated heterocycles. The van der Waals surface area contributed by atoms with E-state index >= 15 is 0 Å². The lowest BCUT2D eigenvalue weighted by Crippen LogP contribution is -2.13. The maximum Gasteiger partial charge on any atom is 0.261 e. The predicted molar refractivity (Wildman–Crippen MR) is 108 cm³/mol. The summed E-state index contributed by atoms with van der Waals surface area (Å²) in [5, 5.41) is 7.81. The third-order valence-corrected chi connectivity index (χ3v) is 6.73. The van der Waals surface area contributed by atoms with Crippen LogP contribution in [0.5, 0.6) is 0 Å². The molecule has 11 heteroatoms. The van der Waals surface area contributed by atoms with Crippen molar-refractivity contribution in [1.29, 1.82) is 0 Å². The molecule has 0 radical (unpaired) electrons. The quantitative estimate of drug-likeness (QED) is 0.626. The first-order valence-electron chi connectivity index (χ1n) is 7.68. The summed E-state index contributed by atoms with van der Waals surface area (Å²) in [6.45, 7) is 0. The number of sulfonamides is 1. The molecule has 0 amide bonds. The fraction of sp³-hybridized carbons (Fsp3) is 0.0588.